The van der Waals surface area contributed by atoms with Gasteiger partial charge in [-0.3, -0.25) is 0 Å². The van der Waals surface area contributed by atoms with Gasteiger partial charge in [0.2, 0.25) is 0 Å². The van der Waals surface area contributed by atoms with E-state index < -0.39 is 10.0 Å². The molecule has 0 aliphatic carbocycles. The summed E-state index contributed by atoms with van der Waals surface area (Å²) in [5, 5.41) is 3.25. The molecule has 152 valence electrons. The molecule has 0 radical (unpaired) electrons. The molecule has 0 aromatic carbocycles. The average molecular weight is 414 g/mol. The Balaban J connectivity index is 1.47. The zero-order chi connectivity index (χ0) is 20.4. The van der Waals surface area contributed by atoms with Crippen molar-refractivity contribution in [2.45, 2.75) is 11.9 Å². The highest BCUT2D eigenvalue weighted by atomic mass is 32.2. The van der Waals surface area contributed by atoms with Crippen molar-refractivity contribution in [1.29, 1.82) is 0 Å². The third-order valence-corrected chi connectivity index (χ3v) is 6.38. The Morgan fingerprint density at radius 1 is 1.03 bits per heavy atom. The van der Waals surface area contributed by atoms with Crippen LogP contribution in [0.25, 0.3) is 0 Å². The first kappa shape index (κ1) is 19.3. The number of hydrogen-bond acceptors (Lipinski definition) is 8. The van der Waals surface area contributed by atoms with Gasteiger partial charge in [0.1, 0.15) is 23.3 Å². The largest absolute Gasteiger partial charge is 0.354 e. The van der Waals surface area contributed by atoms with Crippen LogP contribution in [0.3, 0.4) is 0 Å². The van der Waals surface area contributed by atoms with Gasteiger partial charge >= 0.3 is 0 Å². The number of hydrogen-bond donors (Lipinski definition) is 1. The van der Waals surface area contributed by atoms with Crippen molar-refractivity contribution in [3.05, 3.63) is 48.8 Å². The monoisotopic (exact) mass is 414 g/mol. The number of sulfonamides is 1. The van der Waals surface area contributed by atoms with Crippen molar-refractivity contribution in [2.24, 2.45) is 7.05 Å². The van der Waals surface area contributed by atoms with Crippen LogP contribution in [0.5, 0.6) is 0 Å². The van der Waals surface area contributed by atoms with E-state index >= 15 is 0 Å². The Bertz CT molecular complexity index is 1090. The molecule has 29 heavy (non-hydrogen) atoms. The molecule has 11 heteroatoms. The lowest BCUT2D eigenvalue weighted by Gasteiger charge is -2.34. The second-order valence-electron chi connectivity index (χ2n) is 6.77. The maximum atomic E-state index is 12.7. The van der Waals surface area contributed by atoms with Crippen molar-refractivity contribution in [2.75, 3.05) is 36.4 Å². The Hall–Kier alpha value is -3.05. The van der Waals surface area contributed by atoms with Crippen molar-refractivity contribution >= 4 is 27.5 Å². The molecule has 0 spiro atoms. The van der Waals surface area contributed by atoms with Crippen LogP contribution in [0.4, 0.5) is 17.5 Å². The second-order valence-corrected chi connectivity index (χ2v) is 8.65. The third-order valence-electron chi connectivity index (χ3n) is 4.59. The average Bonchev–Trinajstić information content (AvgIpc) is 3.16. The first-order chi connectivity index (χ1) is 13.9. The van der Waals surface area contributed by atoms with Gasteiger partial charge in [-0.05, 0) is 19.1 Å². The fraction of sp³-hybridized carbons (Fsp3) is 0.333. The van der Waals surface area contributed by atoms with Gasteiger partial charge in [-0.15, -0.1) is 0 Å². The van der Waals surface area contributed by atoms with Gasteiger partial charge in [-0.25, -0.2) is 28.4 Å². The highest BCUT2D eigenvalue weighted by molar-refractivity contribution is 7.89. The standard InChI is InChI=1S/C18H22N8O2S/c1-14-21-16(23-15-5-3-4-6-19-15)11-17(22-14)25-7-9-26(10-8-25)29(27,28)18-12-24(2)13-20-18/h3-6,11-13H,7-10H2,1-2H3,(H,19,21,22,23). The van der Waals surface area contributed by atoms with E-state index in [0.29, 0.717) is 43.6 Å². The van der Waals surface area contributed by atoms with Crippen LogP contribution in [-0.4, -0.2) is 63.4 Å². The molecular formula is C18H22N8O2S. The topological polar surface area (TPSA) is 109 Å². The summed E-state index contributed by atoms with van der Waals surface area (Å²) in [6.45, 7) is 3.63. The molecule has 10 nitrogen and oxygen atoms in total. The number of nitrogens with one attached hydrogen (secondary N) is 1. The molecule has 4 heterocycles. The summed E-state index contributed by atoms with van der Waals surface area (Å²) in [4.78, 5) is 19.2. The quantitative estimate of drug-likeness (QED) is 0.663. The summed E-state index contributed by atoms with van der Waals surface area (Å²) >= 11 is 0. The maximum Gasteiger partial charge on any atom is 0.262 e. The molecule has 0 saturated carbocycles. The van der Waals surface area contributed by atoms with Crippen molar-refractivity contribution in [3.8, 4) is 0 Å². The van der Waals surface area contributed by atoms with Gasteiger partial charge in [0.05, 0.1) is 6.33 Å². The molecule has 1 aliphatic rings. The fourth-order valence-electron chi connectivity index (χ4n) is 3.16. The minimum absolute atomic E-state index is 0.0770. The molecule has 1 saturated heterocycles. The zero-order valence-electron chi connectivity index (χ0n) is 16.2. The Labute approximate surface area is 169 Å². The predicted molar refractivity (Wildman–Crippen MR) is 108 cm³/mol. The fourth-order valence-corrected chi connectivity index (χ4v) is 4.55. The summed E-state index contributed by atoms with van der Waals surface area (Å²) in [5.74, 6) is 2.73. The van der Waals surface area contributed by atoms with Crippen LogP contribution in [0, 0.1) is 6.92 Å². The number of pyridine rings is 1. The van der Waals surface area contributed by atoms with E-state index in [1.807, 2.05) is 31.2 Å². The molecule has 3 aromatic heterocycles. The number of imidazole rings is 1. The third kappa shape index (κ3) is 4.20. The molecule has 3 aromatic rings. The number of aromatic nitrogens is 5. The number of piperazine rings is 1. The number of nitrogens with zero attached hydrogens (tertiary/aromatic N) is 7. The first-order valence-corrected chi connectivity index (χ1v) is 10.6. The SMILES string of the molecule is Cc1nc(Nc2ccccn2)cc(N2CCN(S(=O)(=O)c3cn(C)cn3)CC2)n1. The molecule has 0 unspecified atom stereocenters. The van der Waals surface area contributed by atoms with Crippen LogP contribution in [0.1, 0.15) is 5.82 Å². The number of anilines is 3. The van der Waals surface area contributed by atoms with E-state index in [-0.39, 0.29) is 5.03 Å². The van der Waals surface area contributed by atoms with E-state index in [4.69, 9.17) is 0 Å². The van der Waals surface area contributed by atoms with Crippen LogP contribution in [-0.2, 0) is 17.1 Å². The zero-order valence-corrected chi connectivity index (χ0v) is 17.0. The van der Waals surface area contributed by atoms with Crippen LogP contribution >= 0.6 is 0 Å². The second kappa shape index (κ2) is 7.76. The summed E-state index contributed by atoms with van der Waals surface area (Å²) in [6.07, 6.45) is 4.71. The first-order valence-electron chi connectivity index (χ1n) is 9.18. The van der Waals surface area contributed by atoms with E-state index in [1.165, 1.54) is 16.8 Å². The van der Waals surface area contributed by atoms with E-state index in [1.54, 1.807) is 17.8 Å². The molecule has 4 rings (SSSR count). The van der Waals surface area contributed by atoms with Gasteiger partial charge in [-0.1, -0.05) is 6.07 Å². The Morgan fingerprint density at radius 3 is 2.48 bits per heavy atom. The maximum absolute atomic E-state index is 12.7. The van der Waals surface area contributed by atoms with Gasteiger partial charge < -0.3 is 14.8 Å². The van der Waals surface area contributed by atoms with Crippen molar-refractivity contribution < 1.29 is 8.42 Å². The number of aryl methyl sites for hydroxylation is 2. The predicted octanol–water partition coefficient (Wildman–Crippen LogP) is 1.17. The lowest BCUT2D eigenvalue weighted by atomic mass is 10.3. The lowest BCUT2D eigenvalue weighted by molar-refractivity contribution is 0.382. The molecule has 1 fully saturated rings. The van der Waals surface area contributed by atoms with Crippen LogP contribution in [0.15, 0.2) is 48.0 Å². The van der Waals surface area contributed by atoms with Gasteiger partial charge in [0, 0.05) is 51.7 Å². The van der Waals surface area contributed by atoms with Gasteiger partial charge in [0.25, 0.3) is 10.0 Å². The summed E-state index contributed by atoms with van der Waals surface area (Å²) < 4.78 is 28.6. The van der Waals surface area contributed by atoms with E-state index in [0.717, 1.165) is 5.82 Å². The van der Waals surface area contributed by atoms with E-state index in [2.05, 4.69) is 30.2 Å². The van der Waals surface area contributed by atoms with Crippen molar-refractivity contribution in [1.82, 2.24) is 28.8 Å². The van der Waals surface area contributed by atoms with Gasteiger partial charge in [0.15, 0.2) is 5.03 Å². The van der Waals surface area contributed by atoms with Crippen LogP contribution < -0.4 is 10.2 Å². The molecule has 1 N–H and O–H groups in total. The molecule has 1 aliphatic heterocycles. The van der Waals surface area contributed by atoms with Gasteiger partial charge in [-0.2, -0.15) is 4.31 Å². The summed E-state index contributed by atoms with van der Waals surface area (Å²) in [7, 11) is -1.83. The van der Waals surface area contributed by atoms with Crippen molar-refractivity contribution in [3.63, 3.8) is 0 Å². The minimum Gasteiger partial charge on any atom is -0.354 e. The lowest BCUT2D eigenvalue weighted by Crippen LogP contribution is -2.49. The molecular weight excluding hydrogens is 392 g/mol. The molecule has 0 amide bonds. The smallest absolute Gasteiger partial charge is 0.262 e. The number of rotatable bonds is 5. The molecule has 0 atom stereocenters. The van der Waals surface area contributed by atoms with Crippen LogP contribution in [0.2, 0.25) is 0 Å². The highest BCUT2D eigenvalue weighted by Gasteiger charge is 2.30. The highest BCUT2D eigenvalue weighted by Crippen LogP contribution is 2.22. The molecule has 0 bridgehead atoms. The minimum atomic E-state index is -3.58. The van der Waals surface area contributed by atoms with E-state index in [9.17, 15) is 8.42 Å². The summed E-state index contributed by atoms with van der Waals surface area (Å²) in [6, 6.07) is 7.45. The Kier molecular flexibility index (Phi) is 5.16. The summed E-state index contributed by atoms with van der Waals surface area (Å²) in [5.41, 5.74) is 0. The Morgan fingerprint density at radius 2 is 1.83 bits per heavy atom. The normalized spacial score (nSPS) is 15.4.